The first kappa shape index (κ1) is 33.1. The molecule has 0 spiro atoms. The molecule has 0 heterocycles. The fourth-order valence-electron chi connectivity index (χ4n) is 8.80. The number of alkyl halides is 2. The fraction of sp³-hybridized carbons (Fsp3) is 0.650. The Hall–Kier alpha value is -2.23. The number of aryl methyl sites for hydroxylation is 1. The number of hydrogen-bond acceptors (Lipinski definition) is 1. The van der Waals surface area contributed by atoms with E-state index in [1.807, 2.05) is 30.3 Å². The summed E-state index contributed by atoms with van der Waals surface area (Å²) in [6, 6.07) is 11.8. The Bertz CT molecular complexity index is 1150. The van der Waals surface area contributed by atoms with Crippen molar-refractivity contribution < 1.29 is 17.9 Å². The van der Waals surface area contributed by atoms with E-state index in [0.29, 0.717) is 30.2 Å². The molecule has 3 fully saturated rings. The van der Waals surface area contributed by atoms with Gasteiger partial charge in [-0.2, -0.15) is 8.78 Å². The molecular weight excluding hydrogens is 553 g/mol. The summed E-state index contributed by atoms with van der Waals surface area (Å²) < 4.78 is 50.8. The average Bonchev–Trinajstić information content (AvgIpc) is 3.05. The van der Waals surface area contributed by atoms with Crippen molar-refractivity contribution in [3.63, 3.8) is 0 Å². The highest BCUT2D eigenvalue weighted by atomic mass is 19.3. The topological polar surface area (TPSA) is 9.23 Å². The van der Waals surface area contributed by atoms with Gasteiger partial charge in [-0.1, -0.05) is 75.8 Å². The molecule has 0 N–H and O–H groups in total. The lowest BCUT2D eigenvalue weighted by Gasteiger charge is -2.42. The largest absolute Gasteiger partial charge is 0.432 e. The Kier molecular flexibility index (Phi) is 11.9. The molecule has 0 aliphatic heterocycles. The van der Waals surface area contributed by atoms with E-state index >= 15 is 8.78 Å². The van der Waals surface area contributed by atoms with E-state index in [0.717, 1.165) is 60.6 Å². The van der Waals surface area contributed by atoms with E-state index in [-0.39, 0.29) is 5.75 Å². The van der Waals surface area contributed by atoms with Crippen LogP contribution in [0.2, 0.25) is 0 Å². The smallest absolute Gasteiger partial charge is 0.400 e. The molecular formula is C40H55F3O. The fourth-order valence-corrected chi connectivity index (χ4v) is 8.80. The van der Waals surface area contributed by atoms with Crippen molar-refractivity contribution >= 4 is 0 Å². The normalized spacial score (nSPS) is 28.0. The summed E-state index contributed by atoms with van der Waals surface area (Å²) in [7, 11) is 0. The van der Waals surface area contributed by atoms with Crippen LogP contribution in [0.15, 0.2) is 55.1 Å². The van der Waals surface area contributed by atoms with E-state index in [9.17, 15) is 4.39 Å². The van der Waals surface area contributed by atoms with E-state index < -0.39 is 17.8 Å². The molecule has 0 amide bonds. The molecule has 3 aliphatic carbocycles. The summed E-state index contributed by atoms with van der Waals surface area (Å²) in [6.45, 7) is 6.04. The molecule has 0 saturated heterocycles. The Morgan fingerprint density at radius 3 is 1.89 bits per heavy atom. The van der Waals surface area contributed by atoms with Crippen LogP contribution in [0.3, 0.4) is 0 Å². The lowest BCUT2D eigenvalue weighted by molar-refractivity contribution is -0.224. The second-order valence-electron chi connectivity index (χ2n) is 14.4. The Morgan fingerprint density at radius 2 is 1.34 bits per heavy atom. The first-order chi connectivity index (χ1) is 21.4. The van der Waals surface area contributed by atoms with Gasteiger partial charge in [0.15, 0.2) is 0 Å². The van der Waals surface area contributed by atoms with Crippen LogP contribution in [0.1, 0.15) is 122 Å². The summed E-state index contributed by atoms with van der Waals surface area (Å²) in [6.07, 6.45) is 19.6. The minimum atomic E-state index is -3.29. The molecule has 2 aromatic carbocycles. The number of benzene rings is 2. The van der Waals surface area contributed by atoms with Gasteiger partial charge in [0.2, 0.25) is 0 Å². The van der Waals surface area contributed by atoms with Crippen LogP contribution in [0, 0.1) is 41.3 Å². The number of allylic oxidation sites excluding steroid dienone is 1. The number of rotatable bonds is 13. The maximum Gasteiger partial charge on any atom is 0.400 e. The van der Waals surface area contributed by atoms with Gasteiger partial charge >= 0.3 is 6.11 Å². The quantitative estimate of drug-likeness (QED) is 0.162. The van der Waals surface area contributed by atoms with E-state index in [4.69, 9.17) is 4.74 Å². The van der Waals surface area contributed by atoms with Crippen LogP contribution < -0.4 is 4.74 Å². The van der Waals surface area contributed by atoms with Gasteiger partial charge in [0, 0.05) is 11.6 Å². The van der Waals surface area contributed by atoms with Gasteiger partial charge in [0.25, 0.3) is 0 Å². The van der Waals surface area contributed by atoms with E-state index in [1.54, 1.807) is 6.07 Å². The van der Waals surface area contributed by atoms with Crippen LogP contribution in [-0.4, -0.2) is 6.11 Å². The molecule has 0 bridgehead atoms. The lowest BCUT2D eigenvalue weighted by atomic mass is 9.65. The summed E-state index contributed by atoms with van der Waals surface area (Å²) in [4.78, 5) is 0. The summed E-state index contributed by atoms with van der Waals surface area (Å²) in [5.74, 6) is 2.60. The van der Waals surface area contributed by atoms with Crippen molar-refractivity contribution in [3.8, 4) is 16.9 Å². The van der Waals surface area contributed by atoms with Crippen molar-refractivity contribution in [3.05, 3.63) is 66.5 Å². The second kappa shape index (κ2) is 15.9. The minimum absolute atomic E-state index is 0.103. The summed E-state index contributed by atoms with van der Waals surface area (Å²) in [5, 5.41) is 0. The maximum atomic E-state index is 15.3. The molecule has 2 aromatic rings. The van der Waals surface area contributed by atoms with Crippen LogP contribution >= 0.6 is 0 Å². The van der Waals surface area contributed by atoms with Gasteiger partial charge in [0.1, 0.15) is 11.6 Å². The van der Waals surface area contributed by atoms with Crippen LogP contribution in [0.5, 0.6) is 5.75 Å². The third-order valence-corrected chi connectivity index (χ3v) is 11.6. The number of unbranched alkanes of at least 4 members (excludes halogenated alkanes) is 2. The second-order valence-corrected chi connectivity index (χ2v) is 14.4. The van der Waals surface area contributed by atoms with Gasteiger partial charge < -0.3 is 4.74 Å². The van der Waals surface area contributed by atoms with Crippen molar-refractivity contribution in [1.29, 1.82) is 0 Å². The van der Waals surface area contributed by atoms with Crippen molar-refractivity contribution in [2.45, 2.75) is 129 Å². The first-order valence-electron chi connectivity index (χ1n) is 17.9. The zero-order valence-electron chi connectivity index (χ0n) is 27.1. The van der Waals surface area contributed by atoms with Gasteiger partial charge in [0.05, 0.1) is 5.92 Å². The zero-order valence-corrected chi connectivity index (χ0v) is 27.1. The van der Waals surface area contributed by atoms with Crippen LogP contribution in [-0.2, 0) is 6.42 Å². The lowest BCUT2D eigenvalue weighted by Crippen LogP contribution is -2.38. The highest BCUT2D eigenvalue weighted by Crippen LogP contribution is 2.48. The highest BCUT2D eigenvalue weighted by molar-refractivity contribution is 5.65. The number of hydrogen-bond donors (Lipinski definition) is 0. The third kappa shape index (κ3) is 8.73. The molecule has 4 heteroatoms. The predicted molar refractivity (Wildman–Crippen MR) is 176 cm³/mol. The SMILES string of the molecule is C=CCCc1ccc(-c2ccc(OC(F)(F)C3CCC(C4CCC(C5CCC(CCCCC)CC5)CC4)CC3)cc2F)cc1. The molecule has 3 aliphatic rings. The molecule has 0 atom stereocenters. The third-order valence-electron chi connectivity index (χ3n) is 11.6. The number of halogens is 3. The Balaban J connectivity index is 1.05. The average molecular weight is 609 g/mol. The molecule has 1 nitrogen and oxygen atoms in total. The van der Waals surface area contributed by atoms with Gasteiger partial charge in [-0.05, 0) is 130 Å². The zero-order chi connectivity index (χ0) is 30.9. The predicted octanol–water partition coefficient (Wildman–Crippen LogP) is 12.6. The Morgan fingerprint density at radius 1 is 0.773 bits per heavy atom. The van der Waals surface area contributed by atoms with E-state index in [2.05, 4.69) is 13.5 Å². The highest BCUT2D eigenvalue weighted by Gasteiger charge is 2.45. The van der Waals surface area contributed by atoms with Crippen molar-refractivity contribution in [2.24, 2.45) is 35.5 Å². The van der Waals surface area contributed by atoms with Crippen molar-refractivity contribution in [2.75, 3.05) is 0 Å². The van der Waals surface area contributed by atoms with Crippen molar-refractivity contribution in [1.82, 2.24) is 0 Å². The van der Waals surface area contributed by atoms with Crippen LogP contribution in [0.25, 0.3) is 11.1 Å². The maximum absolute atomic E-state index is 15.3. The molecule has 44 heavy (non-hydrogen) atoms. The number of ether oxygens (including phenoxy) is 1. The first-order valence-corrected chi connectivity index (χ1v) is 17.9. The summed E-state index contributed by atoms with van der Waals surface area (Å²) in [5.41, 5.74) is 2.27. The molecule has 3 saturated carbocycles. The summed E-state index contributed by atoms with van der Waals surface area (Å²) >= 11 is 0. The minimum Gasteiger partial charge on any atom is -0.432 e. The van der Waals surface area contributed by atoms with Gasteiger partial charge in [-0.25, -0.2) is 4.39 Å². The van der Waals surface area contributed by atoms with Crippen LogP contribution in [0.4, 0.5) is 13.2 Å². The molecule has 0 unspecified atom stereocenters. The molecule has 5 rings (SSSR count). The van der Waals surface area contributed by atoms with Gasteiger partial charge in [-0.15, -0.1) is 6.58 Å². The van der Waals surface area contributed by atoms with E-state index in [1.165, 1.54) is 83.1 Å². The monoisotopic (exact) mass is 608 g/mol. The standard InChI is InChI=1S/C40H55F3O/c1-3-5-7-9-30-10-14-31(15-11-30)32-18-20-33(21-19-32)34-22-24-36(25-23-34)40(42,43)44-37-26-27-38(39(41)28-37)35-16-12-29(13-17-35)8-6-4-2/h4,12-13,16-17,26-28,30-34,36H,2-3,5-11,14-15,18-25H2,1H3. The molecule has 0 radical (unpaired) electrons. The van der Waals surface area contributed by atoms with Gasteiger partial charge in [-0.3, -0.25) is 0 Å². The Labute approximate surface area is 265 Å². The molecule has 0 aromatic heterocycles. The molecule has 242 valence electrons.